The first-order chi connectivity index (χ1) is 11.8. The topological polar surface area (TPSA) is 64.8 Å². The SMILES string of the molecule is COc1ccc(CCN(CC(C)(C)C)C(=O)[C@@H]2CC[C@H](CN)O2)cc1. The number of benzene rings is 1. The highest BCUT2D eigenvalue weighted by atomic mass is 16.5. The molecule has 5 heteroatoms. The quantitative estimate of drug-likeness (QED) is 0.823. The lowest BCUT2D eigenvalue weighted by molar-refractivity contribution is -0.144. The van der Waals surface area contributed by atoms with Gasteiger partial charge in [-0.1, -0.05) is 32.9 Å². The van der Waals surface area contributed by atoms with Gasteiger partial charge in [0.2, 0.25) is 0 Å². The van der Waals surface area contributed by atoms with Crippen LogP contribution in [-0.4, -0.2) is 49.8 Å². The van der Waals surface area contributed by atoms with Crippen LogP contribution >= 0.6 is 0 Å². The normalized spacial score (nSPS) is 20.5. The first-order valence-electron chi connectivity index (χ1n) is 9.09. The van der Waals surface area contributed by atoms with E-state index in [1.807, 2.05) is 17.0 Å². The summed E-state index contributed by atoms with van der Waals surface area (Å²) in [6, 6.07) is 8.01. The van der Waals surface area contributed by atoms with Crippen LogP contribution in [0.2, 0.25) is 0 Å². The van der Waals surface area contributed by atoms with Crippen LogP contribution in [-0.2, 0) is 16.0 Å². The van der Waals surface area contributed by atoms with Gasteiger partial charge in [-0.25, -0.2) is 0 Å². The van der Waals surface area contributed by atoms with Gasteiger partial charge >= 0.3 is 0 Å². The molecule has 0 radical (unpaired) electrons. The summed E-state index contributed by atoms with van der Waals surface area (Å²) in [5, 5.41) is 0. The van der Waals surface area contributed by atoms with Crippen LogP contribution in [0.25, 0.3) is 0 Å². The number of hydrogen-bond donors (Lipinski definition) is 1. The Balaban J connectivity index is 2.00. The van der Waals surface area contributed by atoms with Crippen LogP contribution in [0.5, 0.6) is 5.75 Å². The number of hydrogen-bond acceptors (Lipinski definition) is 4. The summed E-state index contributed by atoms with van der Waals surface area (Å²) < 4.78 is 11.0. The van der Waals surface area contributed by atoms with Crippen LogP contribution in [0, 0.1) is 5.41 Å². The van der Waals surface area contributed by atoms with Gasteiger partial charge in [0, 0.05) is 19.6 Å². The minimum Gasteiger partial charge on any atom is -0.497 e. The average Bonchev–Trinajstić information content (AvgIpc) is 3.06. The number of rotatable bonds is 7. The molecule has 2 N–H and O–H groups in total. The minimum absolute atomic E-state index is 0.0204. The molecule has 0 saturated carbocycles. The van der Waals surface area contributed by atoms with E-state index in [9.17, 15) is 4.79 Å². The molecular formula is C20H32N2O3. The number of amides is 1. The minimum atomic E-state index is -0.341. The second-order valence-corrected chi connectivity index (χ2v) is 7.98. The summed E-state index contributed by atoms with van der Waals surface area (Å²) in [4.78, 5) is 14.9. The number of carbonyl (C=O) groups excluding carboxylic acids is 1. The van der Waals surface area contributed by atoms with E-state index in [1.165, 1.54) is 5.56 Å². The molecule has 0 aliphatic carbocycles. The van der Waals surface area contributed by atoms with Gasteiger partial charge in [-0.3, -0.25) is 4.79 Å². The van der Waals surface area contributed by atoms with Crippen LogP contribution in [0.3, 0.4) is 0 Å². The maximum Gasteiger partial charge on any atom is 0.251 e. The van der Waals surface area contributed by atoms with E-state index in [-0.39, 0.29) is 23.5 Å². The number of methoxy groups -OCH3 is 1. The predicted molar refractivity (Wildman–Crippen MR) is 99.7 cm³/mol. The van der Waals surface area contributed by atoms with Crippen molar-refractivity contribution in [3.05, 3.63) is 29.8 Å². The van der Waals surface area contributed by atoms with Crippen LogP contribution in [0.15, 0.2) is 24.3 Å². The second kappa shape index (κ2) is 8.68. The summed E-state index contributed by atoms with van der Waals surface area (Å²) in [6.07, 6.45) is 2.14. The summed E-state index contributed by atoms with van der Waals surface area (Å²) in [6.45, 7) is 8.34. The van der Waals surface area contributed by atoms with E-state index in [0.717, 1.165) is 31.6 Å². The maximum absolute atomic E-state index is 12.9. The van der Waals surface area contributed by atoms with Gasteiger partial charge in [0.25, 0.3) is 5.91 Å². The van der Waals surface area contributed by atoms with Gasteiger partial charge in [0.1, 0.15) is 11.9 Å². The third kappa shape index (κ3) is 6.01. The number of ether oxygens (including phenoxy) is 2. The highest BCUT2D eigenvalue weighted by Crippen LogP contribution is 2.23. The Bertz CT molecular complexity index is 551. The Hall–Kier alpha value is -1.59. The van der Waals surface area contributed by atoms with E-state index in [1.54, 1.807) is 7.11 Å². The Morgan fingerprint density at radius 3 is 2.48 bits per heavy atom. The van der Waals surface area contributed by atoms with Crippen LogP contribution < -0.4 is 10.5 Å². The van der Waals surface area contributed by atoms with E-state index in [2.05, 4.69) is 32.9 Å². The highest BCUT2D eigenvalue weighted by molar-refractivity contribution is 5.81. The standard InChI is InChI=1S/C20H32N2O3/c1-20(2,3)14-22(19(23)18-10-9-17(13-21)25-18)12-11-15-5-7-16(24-4)8-6-15/h5-8,17-18H,9-14,21H2,1-4H3/t17-,18+/m1/s1. The molecule has 140 valence electrons. The summed E-state index contributed by atoms with van der Waals surface area (Å²) in [7, 11) is 1.66. The van der Waals surface area contributed by atoms with Crippen LogP contribution in [0.1, 0.15) is 39.2 Å². The highest BCUT2D eigenvalue weighted by Gasteiger charge is 2.34. The van der Waals surface area contributed by atoms with Gasteiger partial charge in [-0.15, -0.1) is 0 Å². The van der Waals surface area contributed by atoms with Crippen molar-refractivity contribution in [2.45, 2.75) is 52.2 Å². The van der Waals surface area contributed by atoms with Crippen molar-refractivity contribution < 1.29 is 14.3 Å². The fraction of sp³-hybridized carbons (Fsp3) is 0.650. The van der Waals surface area contributed by atoms with Crippen molar-refractivity contribution >= 4 is 5.91 Å². The van der Waals surface area contributed by atoms with Crippen molar-refractivity contribution in [2.24, 2.45) is 11.1 Å². The van der Waals surface area contributed by atoms with E-state index >= 15 is 0 Å². The zero-order valence-electron chi connectivity index (χ0n) is 16.0. The van der Waals surface area contributed by atoms with Gasteiger partial charge in [0.15, 0.2) is 0 Å². The summed E-state index contributed by atoms with van der Waals surface area (Å²) >= 11 is 0. The van der Waals surface area contributed by atoms with Crippen molar-refractivity contribution in [3.8, 4) is 5.75 Å². The number of carbonyl (C=O) groups is 1. The number of nitrogens with zero attached hydrogens (tertiary/aromatic N) is 1. The summed E-state index contributed by atoms with van der Waals surface area (Å²) in [5.41, 5.74) is 6.91. The molecule has 1 fully saturated rings. The largest absolute Gasteiger partial charge is 0.497 e. The van der Waals surface area contributed by atoms with E-state index in [4.69, 9.17) is 15.2 Å². The first kappa shape index (κ1) is 19.7. The van der Waals surface area contributed by atoms with Crippen molar-refractivity contribution in [1.82, 2.24) is 4.90 Å². The molecule has 0 aromatic heterocycles. The van der Waals surface area contributed by atoms with Crippen molar-refractivity contribution in [2.75, 3.05) is 26.7 Å². The molecule has 0 spiro atoms. The van der Waals surface area contributed by atoms with Gasteiger partial charge in [-0.2, -0.15) is 0 Å². The molecule has 1 aliphatic heterocycles. The second-order valence-electron chi connectivity index (χ2n) is 7.98. The predicted octanol–water partition coefficient (Wildman–Crippen LogP) is 2.62. The van der Waals surface area contributed by atoms with Gasteiger partial charge in [0.05, 0.1) is 13.2 Å². The molecule has 1 aromatic carbocycles. The molecule has 2 atom stereocenters. The zero-order chi connectivity index (χ0) is 18.4. The Morgan fingerprint density at radius 1 is 1.28 bits per heavy atom. The lowest BCUT2D eigenvalue weighted by Crippen LogP contribution is -2.44. The smallest absolute Gasteiger partial charge is 0.251 e. The molecule has 25 heavy (non-hydrogen) atoms. The lowest BCUT2D eigenvalue weighted by atomic mass is 9.95. The molecule has 1 aliphatic rings. The van der Waals surface area contributed by atoms with Crippen LogP contribution in [0.4, 0.5) is 0 Å². The Kier molecular flexibility index (Phi) is 6.85. The van der Waals surface area contributed by atoms with Gasteiger partial charge < -0.3 is 20.1 Å². The maximum atomic E-state index is 12.9. The molecule has 1 aromatic rings. The average molecular weight is 348 g/mol. The zero-order valence-corrected chi connectivity index (χ0v) is 16.0. The molecule has 0 unspecified atom stereocenters. The molecule has 5 nitrogen and oxygen atoms in total. The van der Waals surface area contributed by atoms with E-state index in [0.29, 0.717) is 13.1 Å². The monoisotopic (exact) mass is 348 g/mol. The third-order valence-corrected chi connectivity index (χ3v) is 4.45. The fourth-order valence-electron chi connectivity index (χ4n) is 3.16. The first-order valence-corrected chi connectivity index (χ1v) is 9.09. The molecule has 1 saturated heterocycles. The fourth-order valence-corrected chi connectivity index (χ4v) is 3.16. The third-order valence-electron chi connectivity index (χ3n) is 4.45. The molecule has 2 rings (SSSR count). The molecular weight excluding hydrogens is 316 g/mol. The molecule has 1 heterocycles. The van der Waals surface area contributed by atoms with E-state index < -0.39 is 0 Å². The Labute approximate surface area is 151 Å². The molecule has 0 bridgehead atoms. The number of nitrogens with two attached hydrogens (primary N) is 1. The van der Waals surface area contributed by atoms with Gasteiger partial charge in [-0.05, 0) is 42.4 Å². The summed E-state index contributed by atoms with van der Waals surface area (Å²) in [5.74, 6) is 0.943. The molecule has 1 amide bonds. The Morgan fingerprint density at radius 2 is 1.96 bits per heavy atom. The van der Waals surface area contributed by atoms with Crippen molar-refractivity contribution in [3.63, 3.8) is 0 Å². The van der Waals surface area contributed by atoms with Crippen molar-refractivity contribution in [1.29, 1.82) is 0 Å². The lowest BCUT2D eigenvalue weighted by Gasteiger charge is -2.32.